The molecule has 0 heterocycles. The summed E-state index contributed by atoms with van der Waals surface area (Å²) >= 11 is 0. The number of hydrogen-bond donors (Lipinski definition) is 1. The van der Waals surface area contributed by atoms with Gasteiger partial charge in [0, 0.05) is 5.71 Å². The van der Waals surface area contributed by atoms with Crippen molar-refractivity contribution in [1.82, 2.24) is 0 Å². The molecule has 0 saturated carbocycles. The van der Waals surface area contributed by atoms with Crippen LogP contribution in [0.25, 0.3) is 0 Å². The van der Waals surface area contributed by atoms with E-state index in [9.17, 15) is 4.79 Å². The lowest BCUT2D eigenvalue weighted by Crippen LogP contribution is -1.93. The Kier molecular flexibility index (Phi) is 2.84. The molecule has 0 rings (SSSR count). The van der Waals surface area contributed by atoms with Crippen molar-refractivity contribution < 1.29 is 9.90 Å². The van der Waals surface area contributed by atoms with Gasteiger partial charge in [0.1, 0.15) is 0 Å². The number of rotatable bonds is 1. The van der Waals surface area contributed by atoms with Crippen LogP contribution in [0.2, 0.25) is 0 Å². The molecule has 0 atom stereocenters. The first kappa shape index (κ1) is 7.14. The summed E-state index contributed by atoms with van der Waals surface area (Å²) in [5, 5.41) is 8.03. The van der Waals surface area contributed by atoms with Crippen molar-refractivity contribution >= 4 is 11.8 Å². The second kappa shape index (κ2) is 3.18. The second-order valence-corrected chi connectivity index (χ2v) is 1.48. The lowest BCUT2D eigenvalue weighted by molar-refractivity contribution is 0.205. The number of hydrogen-bond acceptors (Lipinski definition) is 1. The highest BCUT2D eigenvalue weighted by Gasteiger charge is 1.89. The van der Waals surface area contributed by atoms with Crippen molar-refractivity contribution in [1.29, 1.82) is 0 Å². The normalized spacial score (nSPS) is 11.5. The van der Waals surface area contributed by atoms with Crippen LogP contribution >= 0.6 is 0 Å². The topological polar surface area (TPSA) is 49.7 Å². The summed E-state index contributed by atoms with van der Waals surface area (Å²) in [6, 6.07) is 0. The first-order valence-electron chi connectivity index (χ1n) is 2.44. The average molecular weight is 115 g/mol. The number of aliphatic imine (C=N–C) groups is 1. The monoisotopic (exact) mass is 115 g/mol. The molecule has 1 amide bonds. The van der Waals surface area contributed by atoms with E-state index in [4.69, 9.17) is 5.11 Å². The van der Waals surface area contributed by atoms with E-state index in [-0.39, 0.29) is 0 Å². The van der Waals surface area contributed by atoms with E-state index in [1.54, 1.807) is 6.92 Å². The van der Waals surface area contributed by atoms with Crippen LogP contribution in [0.15, 0.2) is 4.99 Å². The average Bonchev–Trinajstić information content (AvgIpc) is 1.65. The van der Waals surface area contributed by atoms with Gasteiger partial charge in [0.2, 0.25) is 0 Å². The third kappa shape index (κ3) is 3.33. The van der Waals surface area contributed by atoms with Gasteiger partial charge in [0.15, 0.2) is 0 Å². The fraction of sp³-hybridized carbons (Fsp3) is 0.600. The summed E-state index contributed by atoms with van der Waals surface area (Å²) in [5.41, 5.74) is 0.650. The van der Waals surface area contributed by atoms with Crippen LogP contribution in [-0.2, 0) is 0 Å². The van der Waals surface area contributed by atoms with Crippen LogP contribution in [0.4, 0.5) is 4.79 Å². The summed E-state index contributed by atoms with van der Waals surface area (Å²) in [7, 11) is 0. The molecular weight excluding hydrogens is 106 g/mol. The molecule has 46 valence electrons. The van der Waals surface area contributed by atoms with Gasteiger partial charge in [0.25, 0.3) is 0 Å². The SMILES string of the molecule is CCC(C)=NC(=O)O. The maximum atomic E-state index is 9.78. The quantitative estimate of drug-likeness (QED) is 0.527. The Morgan fingerprint density at radius 3 is 2.38 bits per heavy atom. The van der Waals surface area contributed by atoms with E-state index in [0.29, 0.717) is 12.1 Å². The molecule has 0 aromatic heterocycles. The van der Waals surface area contributed by atoms with Gasteiger partial charge in [-0.15, -0.1) is 0 Å². The van der Waals surface area contributed by atoms with Crippen LogP contribution < -0.4 is 0 Å². The van der Waals surface area contributed by atoms with Crippen LogP contribution in [0.3, 0.4) is 0 Å². The Bertz CT molecular complexity index is 118. The highest BCUT2D eigenvalue weighted by Crippen LogP contribution is 1.83. The molecule has 3 nitrogen and oxygen atoms in total. The van der Waals surface area contributed by atoms with Crippen LogP contribution in [0.5, 0.6) is 0 Å². The molecule has 0 saturated heterocycles. The van der Waals surface area contributed by atoms with Crippen molar-refractivity contribution in [2.24, 2.45) is 4.99 Å². The summed E-state index contributed by atoms with van der Waals surface area (Å²) in [4.78, 5) is 13.0. The molecule has 0 bridgehead atoms. The van der Waals surface area contributed by atoms with Crippen LogP contribution in [0.1, 0.15) is 20.3 Å². The van der Waals surface area contributed by atoms with Gasteiger partial charge in [-0.2, -0.15) is 4.99 Å². The van der Waals surface area contributed by atoms with E-state index in [1.807, 2.05) is 6.92 Å². The second-order valence-electron chi connectivity index (χ2n) is 1.48. The number of carbonyl (C=O) groups is 1. The molecule has 0 aliphatic carbocycles. The van der Waals surface area contributed by atoms with Crippen molar-refractivity contribution in [2.45, 2.75) is 20.3 Å². The summed E-state index contributed by atoms with van der Waals surface area (Å²) in [6.07, 6.45) is -0.406. The van der Waals surface area contributed by atoms with Gasteiger partial charge in [-0.05, 0) is 13.3 Å². The fourth-order valence-corrected chi connectivity index (χ4v) is 0.242. The molecule has 8 heavy (non-hydrogen) atoms. The molecule has 0 aromatic carbocycles. The minimum atomic E-state index is -1.11. The first-order chi connectivity index (χ1) is 3.66. The Morgan fingerprint density at radius 1 is 1.75 bits per heavy atom. The molecule has 0 unspecified atom stereocenters. The Labute approximate surface area is 48.1 Å². The van der Waals surface area contributed by atoms with Crippen molar-refractivity contribution in [3.63, 3.8) is 0 Å². The number of amides is 1. The molecular formula is C5H9NO2. The molecule has 0 fully saturated rings. The number of carboxylic acid groups (broad SMARTS) is 1. The van der Waals surface area contributed by atoms with Crippen LogP contribution in [0, 0.1) is 0 Å². The van der Waals surface area contributed by atoms with Crippen molar-refractivity contribution in [2.75, 3.05) is 0 Å². The third-order valence-electron chi connectivity index (χ3n) is 0.798. The van der Waals surface area contributed by atoms with Gasteiger partial charge in [0.05, 0.1) is 0 Å². The van der Waals surface area contributed by atoms with E-state index in [1.165, 1.54) is 0 Å². The zero-order valence-corrected chi connectivity index (χ0v) is 5.01. The molecule has 1 N–H and O–H groups in total. The maximum Gasteiger partial charge on any atom is 0.431 e. The van der Waals surface area contributed by atoms with Gasteiger partial charge < -0.3 is 5.11 Å². The van der Waals surface area contributed by atoms with Crippen molar-refractivity contribution in [3.8, 4) is 0 Å². The summed E-state index contributed by atoms with van der Waals surface area (Å²) in [6.45, 7) is 3.55. The zero-order chi connectivity index (χ0) is 6.57. The van der Waals surface area contributed by atoms with Crippen molar-refractivity contribution in [3.05, 3.63) is 0 Å². The highest BCUT2D eigenvalue weighted by molar-refractivity contribution is 5.90. The zero-order valence-electron chi connectivity index (χ0n) is 5.01. The van der Waals surface area contributed by atoms with Crippen LogP contribution in [-0.4, -0.2) is 16.9 Å². The number of nitrogens with zero attached hydrogens (tertiary/aromatic N) is 1. The standard InChI is InChI=1S/C5H9NO2/c1-3-4(2)6-5(7)8/h3H2,1-2H3,(H,7,8). The van der Waals surface area contributed by atoms with Gasteiger partial charge in [-0.1, -0.05) is 6.92 Å². The molecule has 3 heteroatoms. The lowest BCUT2D eigenvalue weighted by atomic mass is 10.3. The van der Waals surface area contributed by atoms with Gasteiger partial charge in [-0.25, -0.2) is 4.79 Å². The first-order valence-corrected chi connectivity index (χ1v) is 2.44. The smallest absolute Gasteiger partial charge is 0.431 e. The maximum absolute atomic E-state index is 9.78. The van der Waals surface area contributed by atoms with E-state index in [0.717, 1.165) is 0 Å². The fourth-order valence-electron chi connectivity index (χ4n) is 0.242. The van der Waals surface area contributed by atoms with Gasteiger partial charge >= 0.3 is 6.09 Å². The summed E-state index contributed by atoms with van der Waals surface area (Å²) < 4.78 is 0. The Morgan fingerprint density at radius 2 is 2.25 bits per heavy atom. The van der Waals surface area contributed by atoms with Gasteiger partial charge in [-0.3, -0.25) is 0 Å². The lowest BCUT2D eigenvalue weighted by Gasteiger charge is -1.86. The van der Waals surface area contributed by atoms with E-state index < -0.39 is 6.09 Å². The highest BCUT2D eigenvalue weighted by atomic mass is 16.4. The largest absolute Gasteiger partial charge is 0.463 e. The minimum Gasteiger partial charge on any atom is -0.463 e. The summed E-state index contributed by atoms with van der Waals surface area (Å²) in [5.74, 6) is 0. The predicted octanol–water partition coefficient (Wildman–Crippen LogP) is 1.54. The molecule has 0 aliphatic heterocycles. The molecule has 0 spiro atoms. The Balaban J connectivity index is 3.75. The molecule has 0 radical (unpaired) electrons. The predicted molar refractivity (Wildman–Crippen MR) is 31.4 cm³/mol. The third-order valence-corrected chi connectivity index (χ3v) is 0.798. The Hall–Kier alpha value is -0.860. The van der Waals surface area contributed by atoms with E-state index >= 15 is 0 Å². The van der Waals surface area contributed by atoms with E-state index in [2.05, 4.69) is 4.99 Å². The molecule has 0 aromatic rings. The molecule has 0 aliphatic rings. The minimum absolute atomic E-state index is 0.650.